The Labute approximate surface area is 175 Å². The lowest BCUT2D eigenvalue weighted by Gasteiger charge is -2.12. The topological polar surface area (TPSA) is 74.8 Å². The molecule has 0 saturated heterocycles. The van der Waals surface area contributed by atoms with Gasteiger partial charge in [0.15, 0.2) is 5.96 Å². The van der Waals surface area contributed by atoms with E-state index >= 15 is 0 Å². The first-order chi connectivity index (χ1) is 12.7. The molecule has 2 aromatic rings. The van der Waals surface area contributed by atoms with Gasteiger partial charge in [0.05, 0.1) is 13.2 Å². The smallest absolute Gasteiger partial charge is 0.243 e. The normalized spacial score (nSPS) is 10.5. The maximum atomic E-state index is 13.1. The molecule has 2 aromatic carbocycles. The molecule has 0 atom stereocenters. The van der Waals surface area contributed by atoms with Crippen LogP contribution in [-0.4, -0.2) is 38.6 Å². The number of guanidine groups is 1. The minimum atomic E-state index is -0.397. The van der Waals surface area contributed by atoms with Crippen LogP contribution in [0.1, 0.15) is 6.42 Å². The van der Waals surface area contributed by atoms with Crippen molar-refractivity contribution in [2.75, 3.05) is 32.1 Å². The van der Waals surface area contributed by atoms with E-state index in [0.717, 1.165) is 12.2 Å². The number of rotatable bonds is 8. The van der Waals surface area contributed by atoms with E-state index in [-0.39, 0.29) is 36.4 Å². The van der Waals surface area contributed by atoms with Gasteiger partial charge in [-0.2, -0.15) is 0 Å². The molecule has 3 N–H and O–H groups in total. The second-order valence-electron chi connectivity index (χ2n) is 5.43. The minimum Gasteiger partial charge on any atom is -0.494 e. The number of anilines is 1. The summed E-state index contributed by atoms with van der Waals surface area (Å²) in [6.45, 7) is 1.25. The highest BCUT2D eigenvalue weighted by atomic mass is 127. The highest BCUT2D eigenvalue weighted by molar-refractivity contribution is 14.0. The summed E-state index contributed by atoms with van der Waals surface area (Å²) in [6.07, 6.45) is 0.783. The predicted molar refractivity (Wildman–Crippen MR) is 116 cm³/mol. The number of nitrogens with zero attached hydrogens (tertiary/aromatic N) is 1. The second-order valence-corrected chi connectivity index (χ2v) is 5.43. The summed E-state index contributed by atoms with van der Waals surface area (Å²) in [4.78, 5) is 15.9. The molecule has 0 fully saturated rings. The Balaban J connectivity index is 0.00000364. The summed E-state index contributed by atoms with van der Waals surface area (Å²) < 4.78 is 18.7. The Kier molecular flexibility index (Phi) is 10.8. The van der Waals surface area contributed by atoms with Gasteiger partial charge in [0, 0.05) is 19.3 Å². The number of nitrogens with one attached hydrogen (secondary N) is 3. The summed E-state index contributed by atoms with van der Waals surface area (Å²) >= 11 is 0. The molecular weight excluding hydrogens is 462 g/mol. The Morgan fingerprint density at radius 3 is 2.59 bits per heavy atom. The van der Waals surface area contributed by atoms with Gasteiger partial charge in [0.2, 0.25) is 5.91 Å². The Morgan fingerprint density at radius 2 is 1.89 bits per heavy atom. The highest BCUT2D eigenvalue weighted by Gasteiger charge is 2.05. The standard InChI is InChI=1S/C19H23FN4O2.HI/c1-21-19(22-11-6-12-26-17-9-3-2-4-10-17)23-14-18(25)24-16-8-5-7-15(20)13-16;/h2-5,7-10,13H,6,11-12,14H2,1H3,(H,24,25)(H2,21,22,23);1H. The second kappa shape index (κ2) is 12.9. The fourth-order valence-corrected chi connectivity index (χ4v) is 2.14. The average molecular weight is 486 g/mol. The molecule has 8 heteroatoms. The lowest BCUT2D eigenvalue weighted by molar-refractivity contribution is -0.115. The van der Waals surface area contributed by atoms with Crippen LogP contribution in [0.4, 0.5) is 10.1 Å². The summed E-state index contributed by atoms with van der Waals surface area (Å²) in [7, 11) is 1.63. The van der Waals surface area contributed by atoms with Crippen LogP contribution >= 0.6 is 24.0 Å². The van der Waals surface area contributed by atoms with E-state index in [1.54, 1.807) is 13.1 Å². The summed E-state index contributed by atoms with van der Waals surface area (Å²) in [6, 6.07) is 15.4. The zero-order chi connectivity index (χ0) is 18.6. The van der Waals surface area contributed by atoms with Crippen LogP contribution in [0.25, 0.3) is 0 Å². The zero-order valence-corrected chi connectivity index (χ0v) is 17.4. The van der Waals surface area contributed by atoms with Crippen LogP contribution in [0.3, 0.4) is 0 Å². The molecule has 0 heterocycles. The molecule has 0 aliphatic rings. The van der Waals surface area contributed by atoms with Crippen molar-refractivity contribution in [3.63, 3.8) is 0 Å². The number of amides is 1. The predicted octanol–water partition coefficient (Wildman–Crippen LogP) is 3.02. The van der Waals surface area contributed by atoms with Crippen molar-refractivity contribution in [2.45, 2.75) is 6.42 Å². The van der Waals surface area contributed by atoms with Crippen molar-refractivity contribution in [2.24, 2.45) is 4.99 Å². The zero-order valence-electron chi connectivity index (χ0n) is 15.1. The van der Waals surface area contributed by atoms with E-state index in [0.29, 0.717) is 24.8 Å². The first-order valence-electron chi connectivity index (χ1n) is 8.35. The first-order valence-corrected chi connectivity index (χ1v) is 8.35. The number of ether oxygens (including phenoxy) is 1. The highest BCUT2D eigenvalue weighted by Crippen LogP contribution is 2.09. The van der Waals surface area contributed by atoms with Crippen LogP contribution in [0.5, 0.6) is 5.75 Å². The van der Waals surface area contributed by atoms with Gasteiger partial charge >= 0.3 is 0 Å². The van der Waals surface area contributed by atoms with Crippen molar-refractivity contribution in [1.82, 2.24) is 10.6 Å². The fraction of sp³-hybridized carbons (Fsp3) is 0.263. The third-order valence-corrected chi connectivity index (χ3v) is 3.37. The van der Waals surface area contributed by atoms with Crippen molar-refractivity contribution in [3.8, 4) is 5.75 Å². The number of carbonyl (C=O) groups is 1. The largest absolute Gasteiger partial charge is 0.494 e. The van der Waals surface area contributed by atoms with Crippen LogP contribution in [0, 0.1) is 5.82 Å². The van der Waals surface area contributed by atoms with Gasteiger partial charge in [0.25, 0.3) is 0 Å². The summed E-state index contributed by atoms with van der Waals surface area (Å²) in [5.41, 5.74) is 0.415. The van der Waals surface area contributed by atoms with E-state index < -0.39 is 5.82 Å². The van der Waals surface area contributed by atoms with Gasteiger partial charge in [-0.05, 0) is 36.8 Å². The Morgan fingerprint density at radius 1 is 1.11 bits per heavy atom. The molecule has 0 bridgehead atoms. The molecule has 1 amide bonds. The van der Waals surface area contributed by atoms with Crippen molar-refractivity contribution in [3.05, 3.63) is 60.4 Å². The molecule has 0 aliphatic heterocycles. The van der Waals surface area contributed by atoms with Crippen LogP contribution < -0.4 is 20.7 Å². The summed E-state index contributed by atoms with van der Waals surface area (Å²) in [5.74, 6) is 0.667. The van der Waals surface area contributed by atoms with E-state index in [1.165, 1.54) is 18.2 Å². The number of hydrogen-bond acceptors (Lipinski definition) is 3. The Bertz CT molecular complexity index is 729. The number of aliphatic imine (C=N–C) groups is 1. The lowest BCUT2D eigenvalue weighted by atomic mass is 10.3. The summed E-state index contributed by atoms with van der Waals surface area (Å²) in [5, 5.41) is 8.62. The molecule has 0 aromatic heterocycles. The maximum absolute atomic E-state index is 13.1. The quantitative estimate of drug-likeness (QED) is 0.232. The van der Waals surface area contributed by atoms with Crippen LogP contribution in [0.15, 0.2) is 59.6 Å². The van der Waals surface area contributed by atoms with E-state index in [2.05, 4.69) is 20.9 Å². The van der Waals surface area contributed by atoms with E-state index in [1.807, 2.05) is 30.3 Å². The molecule has 0 aliphatic carbocycles. The van der Waals surface area contributed by atoms with Gasteiger partial charge < -0.3 is 20.7 Å². The van der Waals surface area contributed by atoms with Crippen molar-refractivity contribution in [1.29, 1.82) is 0 Å². The van der Waals surface area contributed by atoms with E-state index in [4.69, 9.17) is 4.74 Å². The molecule has 0 spiro atoms. The molecule has 2 rings (SSSR count). The van der Waals surface area contributed by atoms with Gasteiger partial charge in [-0.25, -0.2) is 4.39 Å². The Hall–Kier alpha value is -2.36. The van der Waals surface area contributed by atoms with Crippen LogP contribution in [-0.2, 0) is 4.79 Å². The number of hydrogen-bond donors (Lipinski definition) is 3. The van der Waals surface area contributed by atoms with Gasteiger partial charge in [0.1, 0.15) is 11.6 Å². The van der Waals surface area contributed by atoms with Crippen molar-refractivity contribution < 1.29 is 13.9 Å². The number of halogens is 2. The molecular formula is C19H24FIN4O2. The molecule has 146 valence electrons. The fourth-order valence-electron chi connectivity index (χ4n) is 2.14. The van der Waals surface area contributed by atoms with Gasteiger partial charge in [-0.15, -0.1) is 24.0 Å². The van der Waals surface area contributed by atoms with Gasteiger partial charge in [-0.1, -0.05) is 24.3 Å². The number of carbonyl (C=O) groups excluding carboxylic acids is 1. The van der Waals surface area contributed by atoms with E-state index in [9.17, 15) is 9.18 Å². The van der Waals surface area contributed by atoms with Crippen LogP contribution in [0.2, 0.25) is 0 Å². The molecule has 27 heavy (non-hydrogen) atoms. The lowest BCUT2D eigenvalue weighted by Crippen LogP contribution is -2.41. The molecule has 0 saturated carbocycles. The number of benzene rings is 2. The molecule has 0 radical (unpaired) electrons. The SMILES string of the molecule is CN=C(NCCCOc1ccccc1)NCC(=O)Nc1cccc(F)c1.I. The monoisotopic (exact) mass is 486 g/mol. The third kappa shape index (κ3) is 9.23. The average Bonchev–Trinajstić information content (AvgIpc) is 2.65. The third-order valence-electron chi connectivity index (χ3n) is 3.37. The molecule has 6 nitrogen and oxygen atoms in total. The first kappa shape index (κ1) is 22.7. The number of para-hydroxylation sites is 1. The van der Waals surface area contributed by atoms with Gasteiger partial charge in [-0.3, -0.25) is 9.79 Å². The minimum absolute atomic E-state index is 0. The molecule has 0 unspecified atom stereocenters. The van der Waals surface area contributed by atoms with Crippen molar-refractivity contribution >= 4 is 41.5 Å². The maximum Gasteiger partial charge on any atom is 0.243 e.